The van der Waals surface area contributed by atoms with Gasteiger partial charge < -0.3 is 9.16 Å². The van der Waals surface area contributed by atoms with Crippen LogP contribution in [0.25, 0.3) is 0 Å². The first kappa shape index (κ1) is 22.7. The first-order valence-corrected chi connectivity index (χ1v) is 12.4. The van der Waals surface area contributed by atoms with Crippen molar-refractivity contribution in [3.05, 3.63) is 60.7 Å². The van der Waals surface area contributed by atoms with Crippen LogP contribution in [-0.2, 0) is 18.8 Å². The molecule has 1 saturated heterocycles. The maximum atomic E-state index is 11.4. The minimum atomic E-state index is -2.65. The van der Waals surface area contributed by atoms with Crippen LogP contribution in [0.2, 0.25) is 5.04 Å². The van der Waals surface area contributed by atoms with Crippen LogP contribution in [0.1, 0.15) is 41.0 Å². The summed E-state index contributed by atoms with van der Waals surface area (Å²) in [6.07, 6.45) is -0.111. The molecule has 0 saturated carbocycles. The summed E-state index contributed by atoms with van der Waals surface area (Å²) >= 11 is 0. The van der Waals surface area contributed by atoms with Crippen LogP contribution in [0.4, 0.5) is 0 Å². The third-order valence-electron chi connectivity index (χ3n) is 5.80. The van der Waals surface area contributed by atoms with Crippen LogP contribution in [0, 0.1) is 0 Å². The van der Waals surface area contributed by atoms with Gasteiger partial charge in [-0.25, -0.2) is 0 Å². The highest BCUT2D eigenvalue weighted by atomic mass is 28.4. The van der Waals surface area contributed by atoms with Crippen LogP contribution in [-0.4, -0.2) is 44.8 Å². The summed E-state index contributed by atoms with van der Waals surface area (Å²) in [5, 5.41) is 4.16. The van der Waals surface area contributed by atoms with E-state index in [1.165, 1.54) is 17.3 Å². The highest BCUT2D eigenvalue weighted by Gasteiger charge is 2.52. The van der Waals surface area contributed by atoms with Gasteiger partial charge in [0.1, 0.15) is 0 Å². The third kappa shape index (κ3) is 4.52. The van der Waals surface area contributed by atoms with Crippen molar-refractivity contribution in [3.8, 4) is 0 Å². The van der Waals surface area contributed by atoms with Crippen molar-refractivity contribution in [2.45, 2.75) is 64.5 Å². The normalized spacial score (nSPS) is 21.4. The highest BCUT2D eigenvalue weighted by Crippen LogP contribution is 2.39. The van der Waals surface area contributed by atoms with Gasteiger partial charge in [-0.2, -0.15) is 5.06 Å². The lowest BCUT2D eigenvalue weighted by Gasteiger charge is -2.45. The van der Waals surface area contributed by atoms with Crippen molar-refractivity contribution >= 4 is 24.7 Å². The molecule has 0 bridgehead atoms. The van der Waals surface area contributed by atoms with Crippen molar-refractivity contribution < 1.29 is 18.8 Å². The van der Waals surface area contributed by atoms with Gasteiger partial charge in [-0.15, -0.1) is 0 Å². The SMILES string of the molecule is CC(=O)O[C@@H]1C[C@H]([C@H](C)O[Si](c2ccccc2)(c2ccccc2)C(C)(C)C)N(C)O1. The van der Waals surface area contributed by atoms with Crippen LogP contribution in [0.15, 0.2) is 60.7 Å². The van der Waals surface area contributed by atoms with E-state index in [1.807, 2.05) is 19.2 Å². The molecule has 0 aliphatic carbocycles. The van der Waals surface area contributed by atoms with Gasteiger partial charge in [0, 0.05) is 20.4 Å². The lowest BCUT2D eigenvalue weighted by atomic mass is 10.1. The van der Waals surface area contributed by atoms with Crippen LogP contribution in [0.5, 0.6) is 0 Å². The Labute approximate surface area is 181 Å². The number of hydroxylamine groups is 2. The predicted octanol–water partition coefficient (Wildman–Crippen LogP) is 3.48. The van der Waals surface area contributed by atoms with Crippen molar-refractivity contribution in [3.63, 3.8) is 0 Å². The Balaban J connectivity index is 2.00. The van der Waals surface area contributed by atoms with E-state index in [1.54, 1.807) is 5.06 Å². The first-order valence-electron chi connectivity index (χ1n) is 10.5. The Morgan fingerprint density at radius 3 is 2.00 bits per heavy atom. The Bertz CT molecular complexity index is 798. The summed E-state index contributed by atoms with van der Waals surface area (Å²) in [4.78, 5) is 17.1. The number of esters is 1. The molecule has 162 valence electrons. The second-order valence-electron chi connectivity index (χ2n) is 8.98. The number of benzene rings is 2. The number of hydrogen-bond acceptors (Lipinski definition) is 5. The van der Waals surface area contributed by atoms with Gasteiger partial charge in [0.25, 0.3) is 8.32 Å². The zero-order valence-electron chi connectivity index (χ0n) is 18.8. The molecule has 0 N–H and O–H groups in total. The molecule has 30 heavy (non-hydrogen) atoms. The number of hydrogen-bond donors (Lipinski definition) is 0. The van der Waals surface area contributed by atoms with Gasteiger partial charge in [0.05, 0.1) is 12.1 Å². The van der Waals surface area contributed by atoms with Gasteiger partial charge in [0.15, 0.2) is 0 Å². The number of carbonyl (C=O) groups excluding carboxylic acids is 1. The quantitative estimate of drug-likeness (QED) is 0.522. The number of carbonyl (C=O) groups is 1. The Morgan fingerprint density at radius 2 is 1.57 bits per heavy atom. The molecular formula is C24H33NO4Si. The van der Waals surface area contributed by atoms with E-state index in [0.717, 1.165) is 0 Å². The Morgan fingerprint density at radius 1 is 1.07 bits per heavy atom. The Hall–Kier alpha value is -1.99. The van der Waals surface area contributed by atoms with Gasteiger partial charge >= 0.3 is 5.97 Å². The zero-order valence-corrected chi connectivity index (χ0v) is 19.8. The van der Waals surface area contributed by atoms with Crippen LogP contribution < -0.4 is 10.4 Å². The topological polar surface area (TPSA) is 48.0 Å². The molecule has 2 aromatic carbocycles. The molecule has 1 aliphatic rings. The van der Waals surface area contributed by atoms with Crippen LogP contribution >= 0.6 is 0 Å². The van der Waals surface area contributed by atoms with E-state index in [9.17, 15) is 4.79 Å². The van der Waals surface area contributed by atoms with Gasteiger partial charge in [-0.1, -0.05) is 81.4 Å². The first-order chi connectivity index (χ1) is 14.1. The largest absolute Gasteiger partial charge is 0.434 e. The molecular weight excluding hydrogens is 394 g/mol. The molecule has 0 aromatic heterocycles. The smallest absolute Gasteiger partial charge is 0.304 e. The monoisotopic (exact) mass is 427 g/mol. The van der Waals surface area contributed by atoms with Crippen molar-refractivity contribution in [1.82, 2.24) is 5.06 Å². The molecule has 3 rings (SSSR count). The Kier molecular flexibility index (Phi) is 6.82. The number of rotatable bonds is 6. The summed E-state index contributed by atoms with van der Waals surface area (Å²) in [6.45, 7) is 10.3. The van der Waals surface area contributed by atoms with E-state index in [0.29, 0.717) is 6.42 Å². The maximum Gasteiger partial charge on any atom is 0.304 e. The van der Waals surface area contributed by atoms with Crippen LogP contribution in [0.3, 0.4) is 0 Å². The minimum Gasteiger partial charge on any atom is -0.434 e. The fourth-order valence-electron chi connectivity index (χ4n) is 4.44. The summed E-state index contributed by atoms with van der Waals surface area (Å²) in [6, 6.07) is 21.2. The van der Waals surface area contributed by atoms with Crippen molar-refractivity contribution in [2.24, 2.45) is 0 Å². The lowest BCUT2D eigenvalue weighted by molar-refractivity contribution is -0.228. The molecule has 0 radical (unpaired) electrons. The molecule has 6 heteroatoms. The maximum absolute atomic E-state index is 11.4. The fourth-order valence-corrected chi connectivity index (χ4v) is 9.17. The highest BCUT2D eigenvalue weighted by molar-refractivity contribution is 6.99. The van der Waals surface area contributed by atoms with E-state index in [4.69, 9.17) is 14.0 Å². The number of ether oxygens (including phenoxy) is 1. The van der Waals surface area contributed by atoms with Crippen molar-refractivity contribution in [1.29, 1.82) is 0 Å². The van der Waals surface area contributed by atoms with Gasteiger partial charge in [-0.3, -0.25) is 9.63 Å². The number of likely N-dealkylation sites (N-methyl/N-ethyl adjacent to an activating group) is 1. The van der Waals surface area contributed by atoms with E-state index >= 15 is 0 Å². The molecule has 3 atom stereocenters. The minimum absolute atomic E-state index is 0.0176. The molecule has 2 aromatic rings. The second kappa shape index (κ2) is 9.02. The summed E-state index contributed by atoms with van der Waals surface area (Å²) in [5.41, 5.74) is 0. The summed E-state index contributed by atoms with van der Waals surface area (Å²) in [5.74, 6) is -0.338. The summed E-state index contributed by atoms with van der Waals surface area (Å²) in [7, 11) is -0.779. The molecule has 0 unspecified atom stereocenters. The molecule has 0 amide bonds. The van der Waals surface area contributed by atoms with E-state index < -0.39 is 14.6 Å². The molecule has 1 heterocycles. The number of nitrogens with zero attached hydrogens (tertiary/aromatic N) is 1. The fraction of sp³-hybridized carbons (Fsp3) is 0.458. The predicted molar refractivity (Wildman–Crippen MR) is 121 cm³/mol. The van der Waals surface area contributed by atoms with E-state index in [2.05, 4.69) is 76.2 Å². The van der Waals surface area contributed by atoms with Gasteiger partial charge in [-0.05, 0) is 22.3 Å². The van der Waals surface area contributed by atoms with Gasteiger partial charge in [0.2, 0.25) is 6.29 Å². The average molecular weight is 428 g/mol. The van der Waals surface area contributed by atoms with E-state index in [-0.39, 0.29) is 23.2 Å². The third-order valence-corrected chi connectivity index (χ3v) is 10.9. The molecule has 0 spiro atoms. The lowest BCUT2D eigenvalue weighted by Crippen LogP contribution is -2.68. The summed E-state index contributed by atoms with van der Waals surface area (Å²) < 4.78 is 12.4. The standard InChI is InChI=1S/C24H33NO4Si/c1-18(22-17-23(27-19(2)26)28-25(22)6)29-30(24(3,4)5,20-13-9-7-10-14-20)21-15-11-8-12-16-21/h7-16,18,22-23H,17H2,1-6H3/t18-,22+,23-/m0/s1. The second-order valence-corrected chi connectivity index (χ2v) is 13.2. The molecule has 1 aliphatic heterocycles. The van der Waals surface area contributed by atoms with Crippen molar-refractivity contribution in [2.75, 3.05) is 7.05 Å². The zero-order chi connectivity index (χ0) is 21.9. The molecule has 1 fully saturated rings. The molecule has 5 nitrogen and oxygen atoms in total. The average Bonchev–Trinajstić information content (AvgIpc) is 3.05.